The van der Waals surface area contributed by atoms with Crippen LogP contribution in [0.5, 0.6) is 0 Å². The highest BCUT2D eigenvalue weighted by Gasteiger charge is 2.10. The van der Waals surface area contributed by atoms with Gasteiger partial charge in [-0.3, -0.25) is 4.98 Å². The molecule has 3 heterocycles. The van der Waals surface area contributed by atoms with Gasteiger partial charge in [0.05, 0.1) is 11.4 Å². The van der Waals surface area contributed by atoms with Gasteiger partial charge >= 0.3 is 0 Å². The van der Waals surface area contributed by atoms with E-state index in [1.54, 1.807) is 6.20 Å². The monoisotopic (exact) mass is 269 g/mol. The first-order valence-electron chi connectivity index (χ1n) is 7.08. The average molecular weight is 269 g/mol. The normalized spacial score (nSPS) is 16.2. The Bertz CT molecular complexity index is 537. The summed E-state index contributed by atoms with van der Waals surface area (Å²) in [5, 5.41) is 3.36. The number of hydrogen-bond acceptors (Lipinski definition) is 5. The van der Waals surface area contributed by atoms with Crippen molar-refractivity contribution in [3.8, 4) is 11.4 Å². The van der Waals surface area contributed by atoms with Crippen LogP contribution in [0.2, 0.25) is 0 Å². The van der Waals surface area contributed by atoms with E-state index >= 15 is 0 Å². The van der Waals surface area contributed by atoms with Crippen molar-refractivity contribution < 1.29 is 0 Å². The zero-order chi connectivity index (χ0) is 13.6. The number of nitrogens with one attached hydrogen (secondary N) is 1. The Morgan fingerprint density at radius 2 is 1.90 bits per heavy atom. The molecule has 1 saturated heterocycles. The van der Waals surface area contributed by atoms with Crippen molar-refractivity contribution in [2.75, 3.05) is 32.7 Å². The summed E-state index contributed by atoms with van der Waals surface area (Å²) in [4.78, 5) is 15.8. The number of piperazine rings is 1. The van der Waals surface area contributed by atoms with E-state index in [1.807, 2.05) is 30.5 Å². The fourth-order valence-corrected chi connectivity index (χ4v) is 2.37. The molecule has 5 nitrogen and oxygen atoms in total. The van der Waals surface area contributed by atoms with Gasteiger partial charge in [-0.25, -0.2) is 9.97 Å². The molecule has 0 aliphatic carbocycles. The Labute approximate surface area is 119 Å². The smallest absolute Gasteiger partial charge is 0.130 e. The van der Waals surface area contributed by atoms with Crippen LogP contribution >= 0.6 is 0 Å². The molecule has 1 aliphatic heterocycles. The van der Waals surface area contributed by atoms with Crippen LogP contribution in [0.15, 0.2) is 36.7 Å². The standard InChI is InChI=1S/C15H19N5/c1-2-6-17-13(3-1)14-4-7-18-15(19-14)5-10-20-11-8-16-9-12-20/h1-4,6-7,16H,5,8-12H2. The first-order chi connectivity index (χ1) is 9.92. The van der Waals surface area contributed by atoms with Crippen molar-refractivity contribution in [2.45, 2.75) is 6.42 Å². The molecule has 3 rings (SSSR count). The SMILES string of the molecule is c1ccc(-c2ccnc(CCN3CCNCC3)n2)nc1. The molecule has 0 radical (unpaired) electrons. The Kier molecular flexibility index (Phi) is 4.30. The van der Waals surface area contributed by atoms with Crippen molar-refractivity contribution in [2.24, 2.45) is 0 Å². The van der Waals surface area contributed by atoms with Crippen molar-refractivity contribution in [3.05, 3.63) is 42.5 Å². The topological polar surface area (TPSA) is 53.9 Å². The molecule has 1 aliphatic rings. The maximum atomic E-state index is 4.61. The van der Waals surface area contributed by atoms with E-state index in [1.165, 1.54) is 0 Å². The third-order valence-electron chi connectivity index (χ3n) is 3.49. The fourth-order valence-electron chi connectivity index (χ4n) is 2.37. The lowest BCUT2D eigenvalue weighted by molar-refractivity contribution is 0.242. The number of hydrogen-bond donors (Lipinski definition) is 1. The third-order valence-corrected chi connectivity index (χ3v) is 3.49. The molecule has 20 heavy (non-hydrogen) atoms. The van der Waals surface area contributed by atoms with Gasteiger partial charge in [-0.1, -0.05) is 6.07 Å². The van der Waals surface area contributed by atoms with Gasteiger partial charge in [0.25, 0.3) is 0 Å². The molecule has 1 N–H and O–H groups in total. The van der Waals surface area contributed by atoms with Gasteiger partial charge < -0.3 is 10.2 Å². The van der Waals surface area contributed by atoms with E-state index in [-0.39, 0.29) is 0 Å². The van der Waals surface area contributed by atoms with Gasteiger partial charge in [-0.05, 0) is 18.2 Å². The Morgan fingerprint density at radius 1 is 1.00 bits per heavy atom. The predicted octanol–water partition coefficient (Wildman–Crippen LogP) is 0.986. The molecule has 2 aromatic rings. The molecule has 0 bridgehead atoms. The van der Waals surface area contributed by atoms with Gasteiger partial charge in [0.15, 0.2) is 0 Å². The molecule has 0 spiro atoms. The molecule has 1 fully saturated rings. The zero-order valence-electron chi connectivity index (χ0n) is 11.5. The van der Waals surface area contributed by atoms with Crippen molar-refractivity contribution in [1.29, 1.82) is 0 Å². The zero-order valence-corrected chi connectivity index (χ0v) is 11.5. The third kappa shape index (κ3) is 3.37. The molecular formula is C15H19N5. The summed E-state index contributed by atoms with van der Waals surface area (Å²) in [5.41, 5.74) is 1.80. The minimum absolute atomic E-state index is 0.890. The van der Waals surface area contributed by atoms with Crippen LogP contribution in [0.1, 0.15) is 5.82 Å². The highest BCUT2D eigenvalue weighted by molar-refractivity contribution is 5.52. The molecule has 0 atom stereocenters. The fraction of sp³-hybridized carbons (Fsp3) is 0.400. The highest BCUT2D eigenvalue weighted by atomic mass is 15.2. The molecule has 0 amide bonds. The van der Waals surface area contributed by atoms with Crippen LogP contribution in [0.4, 0.5) is 0 Å². The second-order valence-electron chi connectivity index (χ2n) is 4.91. The molecular weight excluding hydrogens is 250 g/mol. The number of aromatic nitrogens is 3. The van der Waals surface area contributed by atoms with E-state index in [4.69, 9.17) is 0 Å². The first-order valence-corrected chi connectivity index (χ1v) is 7.08. The van der Waals surface area contributed by atoms with Gasteiger partial charge in [0.2, 0.25) is 0 Å². The Morgan fingerprint density at radius 3 is 2.70 bits per heavy atom. The first kappa shape index (κ1) is 13.1. The van der Waals surface area contributed by atoms with E-state index in [9.17, 15) is 0 Å². The van der Waals surface area contributed by atoms with Crippen LogP contribution in [0, 0.1) is 0 Å². The number of rotatable bonds is 4. The summed E-state index contributed by atoms with van der Waals surface area (Å²) in [6, 6.07) is 7.78. The lowest BCUT2D eigenvalue weighted by Crippen LogP contribution is -2.44. The Balaban J connectivity index is 1.65. The molecule has 0 unspecified atom stereocenters. The average Bonchev–Trinajstić information content (AvgIpc) is 2.55. The van der Waals surface area contributed by atoms with E-state index in [0.29, 0.717) is 0 Å². The van der Waals surface area contributed by atoms with Crippen LogP contribution in [-0.4, -0.2) is 52.6 Å². The van der Waals surface area contributed by atoms with E-state index < -0.39 is 0 Å². The van der Waals surface area contributed by atoms with Crippen LogP contribution in [-0.2, 0) is 6.42 Å². The summed E-state index contributed by atoms with van der Waals surface area (Å²) < 4.78 is 0. The van der Waals surface area contributed by atoms with Gasteiger partial charge in [-0.15, -0.1) is 0 Å². The van der Waals surface area contributed by atoms with Crippen molar-refractivity contribution in [1.82, 2.24) is 25.2 Å². The van der Waals surface area contributed by atoms with E-state index in [2.05, 4.69) is 25.2 Å². The lowest BCUT2D eigenvalue weighted by atomic mass is 10.2. The maximum absolute atomic E-state index is 4.61. The molecule has 5 heteroatoms. The Hall–Kier alpha value is -1.85. The minimum atomic E-state index is 0.890. The summed E-state index contributed by atoms with van der Waals surface area (Å²) in [6.07, 6.45) is 4.50. The second kappa shape index (κ2) is 6.54. The largest absolute Gasteiger partial charge is 0.314 e. The van der Waals surface area contributed by atoms with E-state index in [0.717, 1.165) is 56.4 Å². The summed E-state index contributed by atoms with van der Waals surface area (Å²) >= 11 is 0. The predicted molar refractivity (Wildman–Crippen MR) is 78.3 cm³/mol. The van der Waals surface area contributed by atoms with Crippen molar-refractivity contribution >= 4 is 0 Å². The van der Waals surface area contributed by atoms with Gasteiger partial charge in [0.1, 0.15) is 5.82 Å². The number of nitrogens with zero attached hydrogens (tertiary/aromatic N) is 4. The second-order valence-corrected chi connectivity index (χ2v) is 4.91. The van der Waals surface area contributed by atoms with Crippen LogP contribution in [0.25, 0.3) is 11.4 Å². The highest BCUT2D eigenvalue weighted by Crippen LogP contribution is 2.12. The quantitative estimate of drug-likeness (QED) is 0.897. The molecule has 0 aromatic carbocycles. The summed E-state index contributed by atoms with van der Waals surface area (Å²) in [5.74, 6) is 0.895. The van der Waals surface area contributed by atoms with Crippen molar-refractivity contribution in [3.63, 3.8) is 0 Å². The lowest BCUT2D eigenvalue weighted by Gasteiger charge is -2.26. The minimum Gasteiger partial charge on any atom is -0.314 e. The summed E-state index contributed by atoms with van der Waals surface area (Å²) in [7, 11) is 0. The summed E-state index contributed by atoms with van der Waals surface area (Å²) in [6.45, 7) is 5.40. The molecule has 0 saturated carbocycles. The van der Waals surface area contributed by atoms with Crippen LogP contribution < -0.4 is 5.32 Å². The van der Waals surface area contributed by atoms with Crippen LogP contribution in [0.3, 0.4) is 0 Å². The van der Waals surface area contributed by atoms with Gasteiger partial charge in [-0.2, -0.15) is 0 Å². The number of pyridine rings is 1. The molecule has 2 aromatic heterocycles. The maximum Gasteiger partial charge on any atom is 0.130 e. The van der Waals surface area contributed by atoms with Gasteiger partial charge in [0, 0.05) is 51.5 Å². The molecule has 104 valence electrons.